The number of rotatable bonds is 4. The van der Waals surface area contributed by atoms with Crippen molar-refractivity contribution in [2.45, 2.75) is 0 Å². The van der Waals surface area contributed by atoms with Crippen LogP contribution in [0.25, 0.3) is 5.03 Å². The molecule has 18 heavy (non-hydrogen) atoms. The maximum atomic E-state index is 12.7. The van der Waals surface area contributed by atoms with E-state index in [1.54, 1.807) is 12.1 Å². The van der Waals surface area contributed by atoms with E-state index < -0.39 is 5.97 Å². The van der Waals surface area contributed by atoms with Crippen molar-refractivity contribution < 1.29 is 13.9 Å². The number of alkyl halides is 1. The monoisotopic (exact) mass is 288 g/mol. The van der Waals surface area contributed by atoms with Gasteiger partial charge in [0, 0.05) is 5.03 Å². The lowest BCUT2D eigenvalue weighted by atomic mass is 10.2. The molecule has 0 radical (unpaired) electrons. The van der Waals surface area contributed by atoms with Crippen molar-refractivity contribution in [1.82, 2.24) is 0 Å². The lowest BCUT2D eigenvalue weighted by Crippen LogP contribution is -2.05. The summed E-state index contributed by atoms with van der Waals surface area (Å²) in [5, 5.41) is 0.376. The fourth-order valence-electron chi connectivity index (χ4n) is 1.18. The molecule has 0 fully saturated rings. The van der Waals surface area contributed by atoms with Crippen molar-refractivity contribution in [3.8, 4) is 0 Å². The average Bonchev–Trinajstić information content (AvgIpc) is 2.39. The lowest BCUT2D eigenvalue weighted by molar-refractivity contribution is -0.135. The van der Waals surface area contributed by atoms with E-state index in [2.05, 4.69) is 4.74 Å². The van der Waals surface area contributed by atoms with Crippen molar-refractivity contribution in [2.24, 2.45) is 0 Å². The standard InChI is InChI=1S/C13H11Cl2FO2/c1-18-13(17)10(8-14)4-7-12(15)9-2-5-11(16)6-3-9/h2-7H,8H2,1H3/b10-4+,12-7-. The summed E-state index contributed by atoms with van der Waals surface area (Å²) in [7, 11) is 1.27. The summed E-state index contributed by atoms with van der Waals surface area (Å²) in [6.45, 7) is 0. The molecule has 0 aliphatic rings. The first-order valence-electron chi connectivity index (χ1n) is 5.05. The molecule has 0 N–H and O–H groups in total. The predicted octanol–water partition coefficient (Wildman–Crippen LogP) is 3.74. The Morgan fingerprint density at radius 2 is 1.94 bits per heavy atom. The summed E-state index contributed by atoms with van der Waals surface area (Å²) in [4.78, 5) is 11.2. The summed E-state index contributed by atoms with van der Waals surface area (Å²) in [6, 6.07) is 5.69. The Morgan fingerprint density at radius 3 is 2.44 bits per heavy atom. The van der Waals surface area contributed by atoms with Crippen LogP contribution in [-0.2, 0) is 9.53 Å². The summed E-state index contributed by atoms with van der Waals surface area (Å²) < 4.78 is 17.3. The van der Waals surface area contributed by atoms with Gasteiger partial charge in [0.05, 0.1) is 18.6 Å². The Hall–Kier alpha value is -1.32. The molecule has 0 heterocycles. The molecule has 0 amide bonds. The fraction of sp³-hybridized carbons (Fsp3) is 0.154. The highest BCUT2D eigenvalue weighted by atomic mass is 35.5. The summed E-state index contributed by atoms with van der Waals surface area (Å²) >= 11 is 11.6. The third-order valence-corrected chi connectivity index (χ3v) is 2.77. The highest BCUT2D eigenvalue weighted by molar-refractivity contribution is 6.48. The van der Waals surface area contributed by atoms with Crippen LogP contribution in [0.4, 0.5) is 4.39 Å². The van der Waals surface area contributed by atoms with Crippen LogP contribution < -0.4 is 0 Å². The highest BCUT2D eigenvalue weighted by Gasteiger charge is 2.06. The number of esters is 1. The van der Waals surface area contributed by atoms with Crippen LogP contribution >= 0.6 is 23.2 Å². The molecule has 5 heteroatoms. The van der Waals surface area contributed by atoms with Crippen molar-refractivity contribution in [3.63, 3.8) is 0 Å². The number of ether oxygens (including phenoxy) is 1. The minimum Gasteiger partial charge on any atom is -0.466 e. The van der Waals surface area contributed by atoms with E-state index >= 15 is 0 Å². The van der Waals surface area contributed by atoms with E-state index in [1.807, 2.05) is 0 Å². The van der Waals surface area contributed by atoms with E-state index in [0.29, 0.717) is 16.2 Å². The van der Waals surface area contributed by atoms with Crippen molar-refractivity contribution in [1.29, 1.82) is 0 Å². The molecule has 96 valence electrons. The Labute approximate surface area is 115 Å². The molecular weight excluding hydrogens is 278 g/mol. The number of carbonyl (C=O) groups is 1. The van der Waals surface area contributed by atoms with Gasteiger partial charge in [-0.3, -0.25) is 0 Å². The molecule has 0 spiro atoms. The Balaban J connectivity index is 2.92. The molecule has 0 aromatic heterocycles. The van der Waals surface area contributed by atoms with Crippen LogP contribution in [0.3, 0.4) is 0 Å². The normalized spacial score (nSPS) is 12.4. The van der Waals surface area contributed by atoms with E-state index in [-0.39, 0.29) is 11.7 Å². The van der Waals surface area contributed by atoms with Crippen molar-refractivity contribution in [3.05, 3.63) is 53.4 Å². The molecule has 0 saturated carbocycles. The first-order chi connectivity index (χ1) is 8.58. The first kappa shape index (κ1) is 14.7. The third kappa shape index (κ3) is 4.17. The quantitative estimate of drug-likeness (QED) is 0.365. The van der Waals surface area contributed by atoms with Crippen molar-refractivity contribution >= 4 is 34.2 Å². The van der Waals surface area contributed by atoms with E-state index in [9.17, 15) is 9.18 Å². The molecule has 0 saturated heterocycles. The highest BCUT2D eigenvalue weighted by Crippen LogP contribution is 2.19. The predicted molar refractivity (Wildman–Crippen MR) is 71.0 cm³/mol. The number of benzene rings is 1. The van der Waals surface area contributed by atoms with Crippen LogP contribution in [-0.4, -0.2) is 19.0 Å². The number of hydrogen-bond donors (Lipinski definition) is 0. The second-order valence-corrected chi connectivity index (χ2v) is 4.01. The zero-order valence-electron chi connectivity index (χ0n) is 9.62. The van der Waals surface area contributed by atoms with Gasteiger partial charge in [-0.2, -0.15) is 0 Å². The summed E-state index contributed by atoms with van der Waals surface area (Å²) in [5.41, 5.74) is 0.938. The van der Waals surface area contributed by atoms with Crippen LogP contribution in [0.5, 0.6) is 0 Å². The summed E-state index contributed by atoms with van der Waals surface area (Å²) in [6.07, 6.45) is 2.99. The molecule has 2 nitrogen and oxygen atoms in total. The largest absolute Gasteiger partial charge is 0.466 e. The van der Waals surface area contributed by atoms with E-state index in [4.69, 9.17) is 23.2 Å². The lowest BCUT2D eigenvalue weighted by Gasteiger charge is -2.00. The Morgan fingerprint density at radius 1 is 1.33 bits per heavy atom. The number of halogens is 3. The topological polar surface area (TPSA) is 26.3 Å². The first-order valence-corrected chi connectivity index (χ1v) is 5.96. The van der Waals surface area contributed by atoms with E-state index in [0.717, 1.165) is 0 Å². The second kappa shape index (κ2) is 7.19. The van der Waals surface area contributed by atoms with Crippen LogP contribution in [0.1, 0.15) is 5.56 Å². The van der Waals surface area contributed by atoms with Crippen LogP contribution in [0, 0.1) is 5.82 Å². The molecule has 0 aliphatic heterocycles. The fourth-order valence-corrected chi connectivity index (χ4v) is 1.56. The molecule has 1 aromatic carbocycles. The van der Waals surface area contributed by atoms with Gasteiger partial charge in [-0.25, -0.2) is 9.18 Å². The van der Waals surface area contributed by atoms with Gasteiger partial charge in [-0.05, 0) is 29.8 Å². The van der Waals surface area contributed by atoms with Crippen molar-refractivity contribution in [2.75, 3.05) is 13.0 Å². The molecule has 0 atom stereocenters. The van der Waals surface area contributed by atoms with Gasteiger partial charge in [-0.15, -0.1) is 11.6 Å². The second-order valence-electron chi connectivity index (χ2n) is 3.34. The number of carbonyl (C=O) groups excluding carboxylic acids is 1. The Kier molecular flexibility index (Phi) is 5.89. The van der Waals surface area contributed by atoms with Gasteiger partial charge in [0.1, 0.15) is 5.82 Å². The number of allylic oxidation sites excluding steroid dienone is 2. The van der Waals surface area contributed by atoms with Gasteiger partial charge in [0.2, 0.25) is 0 Å². The van der Waals surface area contributed by atoms with Gasteiger partial charge in [0.25, 0.3) is 0 Å². The summed E-state index contributed by atoms with van der Waals surface area (Å²) in [5.74, 6) is -0.823. The minimum absolute atomic E-state index is 0.0246. The van der Waals surface area contributed by atoms with Gasteiger partial charge in [-0.1, -0.05) is 23.7 Å². The molecular formula is C13H11Cl2FO2. The SMILES string of the molecule is COC(=O)/C(=C/C=C(\Cl)c1ccc(F)cc1)CCl. The molecule has 0 aliphatic carbocycles. The van der Waals surface area contributed by atoms with Gasteiger partial charge in [0.15, 0.2) is 0 Å². The van der Waals surface area contributed by atoms with Crippen LogP contribution in [0.2, 0.25) is 0 Å². The molecule has 1 aromatic rings. The minimum atomic E-state index is -0.509. The number of methoxy groups -OCH3 is 1. The maximum absolute atomic E-state index is 12.7. The van der Waals surface area contributed by atoms with Gasteiger partial charge >= 0.3 is 5.97 Å². The maximum Gasteiger partial charge on any atom is 0.334 e. The average molecular weight is 289 g/mol. The van der Waals surface area contributed by atoms with Crippen LogP contribution in [0.15, 0.2) is 42.0 Å². The van der Waals surface area contributed by atoms with Gasteiger partial charge < -0.3 is 4.74 Å². The van der Waals surface area contributed by atoms with E-state index in [1.165, 1.54) is 31.4 Å². The Bertz CT molecular complexity index is 478. The smallest absolute Gasteiger partial charge is 0.334 e. The molecule has 1 rings (SSSR count). The zero-order valence-corrected chi connectivity index (χ0v) is 11.1. The molecule has 0 unspecified atom stereocenters. The zero-order chi connectivity index (χ0) is 13.5. The third-order valence-electron chi connectivity index (χ3n) is 2.14. The molecule has 0 bridgehead atoms. The number of hydrogen-bond acceptors (Lipinski definition) is 2.